The molecule has 2 heteroatoms. The average Bonchev–Trinajstić information content (AvgIpc) is 3.18. The van der Waals surface area contributed by atoms with Crippen LogP contribution >= 0.6 is 0 Å². The van der Waals surface area contributed by atoms with Crippen molar-refractivity contribution in [3.05, 3.63) is 139 Å². The normalized spacial score (nSPS) is 15.8. The van der Waals surface area contributed by atoms with Crippen LogP contribution in [0.5, 0.6) is 0 Å². The molecule has 0 amide bonds. The summed E-state index contributed by atoms with van der Waals surface area (Å²) < 4.78 is 0. The molecule has 0 aliphatic heterocycles. The lowest BCUT2D eigenvalue weighted by atomic mass is 9.77. The first-order chi connectivity index (χ1) is 25.0. The topological polar surface area (TPSA) is 25.8 Å². The number of hydrogen-bond acceptors (Lipinski definition) is 2. The van der Waals surface area contributed by atoms with Crippen LogP contribution in [0.4, 0.5) is 0 Å². The van der Waals surface area contributed by atoms with Crippen molar-refractivity contribution >= 4 is 27.4 Å². The van der Waals surface area contributed by atoms with E-state index in [9.17, 15) is 0 Å². The number of pyridine rings is 2. The van der Waals surface area contributed by atoms with E-state index in [1.54, 1.807) is 0 Å². The minimum absolute atomic E-state index is 0.218. The Hall–Kier alpha value is -4.82. The predicted molar refractivity (Wildman–Crippen MR) is 220 cm³/mol. The maximum Gasteiger partial charge on any atom is 0.0723 e. The first kappa shape index (κ1) is 34.6. The van der Waals surface area contributed by atoms with Crippen LogP contribution < -0.4 is 0 Å². The minimum Gasteiger partial charge on any atom is -0.248 e. The molecule has 0 bridgehead atoms. The molecule has 1 aliphatic rings. The largest absolute Gasteiger partial charge is 0.248 e. The highest BCUT2D eigenvalue weighted by molar-refractivity contribution is 6.08. The highest BCUT2D eigenvalue weighted by atomic mass is 14.7. The molecular formula is C49H52N2. The highest BCUT2D eigenvalue weighted by Gasteiger charge is 2.23. The number of hydrogen-bond donors (Lipinski definition) is 0. The van der Waals surface area contributed by atoms with Crippen molar-refractivity contribution in [1.29, 1.82) is 0 Å². The van der Waals surface area contributed by atoms with Crippen LogP contribution in [0.1, 0.15) is 96.2 Å². The van der Waals surface area contributed by atoms with E-state index < -0.39 is 0 Å². The van der Waals surface area contributed by atoms with E-state index in [1.807, 2.05) is 0 Å². The van der Waals surface area contributed by atoms with Gasteiger partial charge in [0.15, 0.2) is 0 Å². The molecule has 2 aromatic heterocycles. The van der Waals surface area contributed by atoms with E-state index in [2.05, 4.69) is 148 Å². The molecule has 1 atom stereocenters. The smallest absolute Gasteiger partial charge is 0.0723 e. The van der Waals surface area contributed by atoms with Gasteiger partial charge in [-0.1, -0.05) is 169 Å². The number of benzene rings is 4. The minimum atomic E-state index is 0.218. The summed E-state index contributed by atoms with van der Waals surface area (Å²) in [5, 5.41) is 2.26. The van der Waals surface area contributed by atoms with E-state index in [1.165, 1.54) is 91.2 Å². The fourth-order valence-electron chi connectivity index (χ4n) is 7.65. The van der Waals surface area contributed by atoms with Gasteiger partial charge in [0.1, 0.15) is 0 Å². The monoisotopic (exact) mass is 668 g/mol. The van der Waals surface area contributed by atoms with Gasteiger partial charge in [-0.2, -0.15) is 0 Å². The van der Waals surface area contributed by atoms with Crippen molar-refractivity contribution < 1.29 is 0 Å². The van der Waals surface area contributed by atoms with Gasteiger partial charge in [-0.25, -0.2) is 9.97 Å². The second kappa shape index (κ2) is 16.0. The molecule has 4 aromatic carbocycles. The molecule has 258 valence electrons. The highest BCUT2D eigenvalue weighted by Crippen LogP contribution is 2.40. The summed E-state index contributed by atoms with van der Waals surface area (Å²) in [7, 11) is 0. The van der Waals surface area contributed by atoms with Gasteiger partial charge < -0.3 is 0 Å². The Morgan fingerprint density at radius 1 is 0.569 bits per heavy atom. The van der Waals surface area contributed by atoms with Gasteiger partial charge in [-0.05, 0) is 88.8 Å². The zero-order valence-electron chi connectivity index (χ0n) is 30.8. The average molecular weight is 669 g/mol. The molecule has 51 heavy (non-hydrogen) atoms. The fraction of sp³-hybridized carbons (Fsp3) is 0.306. The Labute approximate surface area is 305 Å². The third kappa shape index (κ3) is 8.07. The zero-order chi connectivity index (χ0) is 35.0. The number of nitrogens with zero attached hydrogens (tertiary/aromatic N) is 2. The molecule has 0 saturated heterocycles. The van der Waals surface area contributed by atoms with Gasteiger partial charge in [0.25, 0.3) is 0 Å². The fourth-order valence-corrected chi connectivity index (χ4v) is 7.65. The number of aryl methyl sites for hydroxylation is 1. The Balaban J connectivity index is 1.32. The molecule has 1 unspecified atom stereocenters. The van der Waals surface area contributed by atoms with Crippen molar-refractivity contribution in [3.8, 4) is 33.5 Å². The van der Waals surface area contributed by atoms with Gasteiger partial charge >= 0.3 is 0 Å². The van der Waals surface area contributed by atoms with E-state index in [-0.39, 0.29) is 5.41 Å². The maximum atomic E-state index is 5.38. The summed E-state index contributed by atoms with van der Waals surface area (Å²) in [6, 6.07) is 39.7. The van der Waals surface area contributed by atoms with Crippen LogP contribution in [0.15, 0.2) is 127 Å². The molecule has 0 spiro atoms. The first-order valence-corrected chi connectivity index (χ1v) is 19.4. The molecule has 0 radical (unpaired) electrons. The van der Waals surface area contributed by atoms with E-state index in [4.69, 9.17) is 9.97 Å². The summed E-state index contributed by atoms with van der Waals surface area (Å²) >= 11 is 0. The lowest BCUT2D eigenvalue weighted by Crippen LogP contribution is -2.14. The molecule has 0 N–H and O–H groups in total. The molecule has 6 aromatic rings. The molecule has 2 heterocycles. The lowest BCUT2D eigenvalue weighted by molar-refractivity contribution is 0.373. The summed E-state index contributed by atoms with van der Waals surface area (Å²) in [6.45, 7) is 6.96. The van der Waals surface area contributed by atoms with Crippen molar-refractivity contribution in [2.45, 2.75) is 91.4 Å². The van der Waals surface area contributed by atoms with Crippen molar-refractivity contribution in [2.24, 2.45) is 5.41 Å². The molecule has 2 nitrogen and oxygen atoms in total. The number of aromatic nitrogens is 2. The summed E-state index contributed by atoms with van der Waals surface area (Å²) in [4.78, 5) is 10.7. The van der Waals surface area contributed by atoms with Gasteiger partial charge in [0, 0.05) is 16.3 Å². The molecule has 0 fully saturated rings. The summed E-state index contributed by atoms with van der Waals surface area (Å²) in [5.41, 5.74) is 12.8. The Morgan fingerprint density at radius 2 is 1.14 bits per heavy atom. The van der Waals surface area contributed by atoms with Gasteiger partial charge in [0.2, 0.25) is 0 Å². The lowest BCUT2D eigenvalue weighted by Gasteiger charge is -2.28. The third-order valence-electron chi connectivity index (χ3n) is 10.8. The Morgan fingerprint density at radius 3 is 1.71 bits per heavy atom. The number of fused-ring (bicyclic) bond motifs is 2. The number of rotatable bonds is 14. The molecule has 7 rings (SSSR count). The number of allylic oxidation sites excluding steroid dienone is 4. The van der Waals surface area contributed by atoms with Crippen LogP contribution in [0, 0.1) is 5.41 Å². The summed E-state index contributed by atoms with van der Waals surface area (Å²) in [5.74, 6) is 0. The standard InChI is InChI=1S/C49H52N2/c1-4-6-8-12-18-36-23-25-39(26-24-36)45-32-41(37-19-13-10-14-20-37)43-35-48-44(34-47(43)50-45)42(38-21-15-11-16-22-38)33-46(51-48)40-27-30-49(3,31-28-40)29-17-9-7-5-2/h10-11,13-16,19-28,30,32-35H,4-9,12,17-18,29,31H2,1-3H3. The van der Waals surface area contributed by atoms with Crippen molar-refractivity contribution in [1.82, 2.24) is 9.97 Å². The van der Waals surface area contributed by atoms with Gasteiger partial charge in [-0.3, -0.25) is 0 Å². The maximum absolute atomic E-state index is 5.38. The van der Waals surface area contributed by atoms with Gasteiger partial charge in [0.05, 0.1) is 22.4 Å². The quantitative estimate of drug-likeness (QED) is 0.0853. The second-order valence-electron chi connectivity index (χ2n) is 14.9. The van der Waals surface area contributed by atoms with Crippen LogP contribution in [0.25, 0.3) is 60.9 Å². The van der Waals surface area contributed by atoms with Crippen molar-refractivity contribution in [2.75, 3.05) is 0 Å². The van der Waals surface area contributed by atoms with E-state index in [0.717, 1.165) is 51.6 Å². The van der Waals surface area contributed by atoms with Gasteiger partial charge in [-0.15, -0.1) is 0 Å². The third-order valence-corrected chi connectivity index (χ3v) is 10.8. The summed E-state index contributed by atoms with van der Waals surface area (Å²) in [6.07, 6.45) is 21.0. The SMILES string of the molecule is CCCCCCc1ccc(-c2cc(-c3ccccc3)c3cc4nc(C5=CCC(C)(CCCCCC)C=C5)cc(-c5ccccc5)c4cc3n2)cc1. The van der Waals surface area contributed by atoms with Crippen molar-refractivity contribution in [3.63, 3.8) is 0 Å². The number of unbranched alkanes of at least 4 members (excludes halogenated alkanes) is 6. The zero-order valence-corrected chi connectivity index (χ0v) is 30.8. The predicted octanol–water partition coefficient (Wildman–Crippen LogP) is 14.2. The second-order valence-corrected chi connectivity index (χ2v) is 14.9. The first-order valence-electron chi connectivity index (χ1n) is 19.4. The Kier molecular flexibility index (Phi) is 10.9. The molecular weight excluding hydrogens is 617 g/mol. The molecule has 0 saturated carbocycles. The molecule has 1 aliphatic carbocycles. The van der Waals surface area contributed by atoms with Crippen LogP contribution in [0.3, 0.4) is 0 Å². The van der Waals surface area contributed by atoms with Crippen LogP contribution in [0.2, 0.25) is 0 Å². The van der Waals surface area contributed by atoms with Crippen LogP contribution in [-0.4, -0.2) is 9.97 Å². The van der Waals surface area contributed by atoms with E-state index in [0.29, 0.717) is 0 Å². The van der Waals surface area contributed by atoms with Crippen LogP contribution in [-0.2, 0) is 6.42 Å². The van der Waals surface area contributed by atoms with E-state index >= 15 is 0 Å². The Bertz CT molecular complexity index is 2140.